The van der Waals surface area contributed by atoms with E-state index in [-0.39, 0.29) is 5.56 Å². The second-order valence-corrected chi connectivity index (χ2v) is 5.60. The highest BCUT2D eigenvalue weighted by atomic mass is 127. The van der Waals surface area contributed by atoms with Gasteiger partial charge in [0.25, 0.3) is 5.56 Å². The Bertz CT molecular complexity index is 593. The first kappa shape index (κ1) is 12.0. The van der Waals surface area contributed by atoms with Gasteiger partial charge in [0.1, 0.15) is 0 Å². The van der Waals surface area contributed by atoms with Crippen molar-refractivity contribution in [1.82, 2.24) is 9.78 Å². The van der Waals surface area contributed by atoms with Crippen LogP contribution in [0, 0.1) is 14.1 Å². The van der Waals surface area contributed by atoms with Gasteiger partial charge in [-0.1, -0.05) is 12.1 Å². The summed E-state index contributed by atoms with van der Waals surface area (Å²) in [6, 6.07) is 7.73. The van der Waals surface area contributed by atoms with Crippen molar-refractivity contribution in [3.05, 3.63) is 53.5 Å². The molecule has 0 aliphatic heterocycles. The normalized spacial score (nSPS) is 10.4. The van der Waals surface area contributed by atoms with Crippen LogP contribution < -0.4 is 5.56 Å². The first-order valence-electron chi connectivity index (χ1n) is 4.60. The molecule has 2 aromatic rings. The summed E-state index contributed by atoms with van der Waals surface area (Å²) in [6.07, 6.45) is 1.70. The zero-order valence-corrected chi connectivity index (χ0v) is 12.8. The fourth-order valence-electron chi connectivity index (χ4n) is 1.36. The summed E-state index contributed by atoms with van der Waals surface area (Å²) in [5.74, 6) is 0. The molecule has 0 radical (unpaired) electrons. The van der Waals surface area contributed by atoms with Gasteiger partial charge in [-0.25, -0.2) is 0 Å². The molecule has 82 valence electrons. The molecule has 0 saturated heterocycles. The fraction of sp³-hybridized carbons (Fsp3) is 0.0909. The summed E-state index contributed by atoms with van der Waals surface area (Å²) < 4.78 is 3.01. The Labute approximate surface area is 120 Å². The largest absolute Gasteiger partial charge is 0.286 e. The van der Waals surface area contributed by atoms with Crippen LogP contribution in [0.15, 0.2) is 35.3 Å². The number of halogens is 2. The molecular weight excluding hydrogens is 430 g/mol. The highest BCUT2D eigenvalue weighted by molar-refractivity contribution is 14.1. The van der Waals surface area contributed by atoms with Gasteiger partial charge in [0, 0.05) is 0 Å². The SMILES string of the molecule is Cc1cccc(-n2ncc(I)c(I)c2=O)c1. The monoisotopic (exact) mass is 438 g/mol. The van der Waals surface area contributed by atoms with Crippen LogP contribution in [0.2, 0.25) is 0 Å². The molecule has 0 unspecified atom stereocenters. The summed E-state index contributed by atoms with van der Waals surface area (Å²) in [5, 5.41) is 4.14. The number of hydrogen-bond donors (Lipinski definition) is 0. The van der Waals surface area contributed by atoms with Gasteiger partial charge in [-0.2, -0.15) is 9.78 Å². The van der Waals surface area contributed by atoms with Crippen molar-refractivity contribution >= 4 is 45.2 Å². The van der Waals surface area contributed by atoms with Gasteiger partial charge < -0.3 is 0 Å². The van der Waals surface area contributed by atoms with Crippen LogP contribution in [-0.4, -0.2) is 9.78 Å². The molecule has 0 atom stereocenters. The van der Waals surface area contributed by atoms with Crippen LogP contribution in [0.25, 0.3) is 5.69 Å². The van der Waals surface area contributed by atoms with Gasteiger partial charge in [-0.3, -0.25) is 4.79 Å². The van der Waals surface area contributed by atoms with Gasteiger partial charge >= 0.3 is 0 Å². The van der Waals surface area contributed by atoms with Gasteiger partial charge in [-0.15, -0.1) is 0 Å². The fourth-order valence-corrected chi connectivity index (χ4v) is 2.08. The lowest BCUT2D eigenvalue weighted by Gasteiger charge is -2.06. The quantitative estimate of drug-likeness (QED) is 0.643. The Hall–Kier alpha value is -0.440. The van der Waals surface area contributed by atoms with E-state index in [0.717, 1.165) is 14.8 Å². The molecule has 1 aromatic heterocycles. The molecule has 0 N–H and O–H groups in total. The predicted octanol–water partition coefficient (Wildman–Crippen LogP) is 2.75. The van der Waals surface area contributed by atoms with Crippen LogP contribution in [0.4, 0.5) is 0 Å². The molecule has 3 nitrogen and oxygen atoms in total. The Morgan fingerprint density at radius 3 is 2.75 bits per heavy atom. The van der Waals surface area contributed by atoms with Crippen molar-refractivity contribution < 1.29 is 0 Å². The number of benzene rings is 1. The minimum Gasteiger partial charge on any atom is -0.266 e. The lowest BCUT2D eigenvalue weighted by atomic mass is 10.2. The standard InChI is InChI=1S/C11H8I2N2O/c1-7-3-2-4-8(5-7)15-11(16)10(13)9(12)6-14-15/h2-6H,1H3. The second-order valence-electron chi connectivity index (χ2n) is 3.36. The van der Waals surface area contributed by atoms with E-state index in [0.29, 0.717) is 3.57 Å². The van der Waals surface area contributed by atoms with E-state index in [1.54, 1.807) is 6.20 Å². The first-order valence-corrected chi connectivity index (χ1v) is 6.76. The third kappa shape index (κ3) is 2.29. The molecule has 0 aliphatic carbocycles. The summed E-state index contributed by atoms with van der Waals surface area (Å²) in [6.45, 7) is 1.99. The number of aromatic nitrogens is 2. The molecule has 5 heteroatoms. The van der Waals surface area contributed by atoms with Crippen LogP contribution in [0.5, 0.6) is 0 Å². The maximum Gasteiger partial charge on any atom is 0.286 e. The second kappa shape index (κ2) is 4.82. The summed E-state index contributed by atoms with van der Waals surface area (Å²) in [5.41, 5.74) is 1.84. The lowest BCUT2D eigenvalue weighted by Crippen LogP contribution is -2.24. The molecule has 0 saturated carbocycles. The average Bonchev–Trinajstić information content (AvgIpc) is 2.26. The van der Waals surface area contributed by atoms with Crippen molar-refractivity contribution in [2.24, 2.45) is 0 Å². The summed E-state index contributed by atoms with van der Waals surface area (Å²) in [7, 11) is 0. The van der Waals surface area contributed by atoms with E-state index < -0.39 is 0 Å². The van der Waals surface area contributed by atoms with Crippen molar-refractivity contribution in [3.63, 3.8) is 0 Å². The summed E-state index contributed by atoms with van der Waals surface area (Å²) >= 11 is 4.16. The van der Waals surface area contributed by atoms with Gasteiger partial charge in [0.2, 0.25) is 0 Å². The first-order chi connectivity index (χ1) is 7.59. The summed E-state index contributed by atoms with van der Waals surface area (Å²) in [4.78, 5) is 12.0. The lowest BCUT2D eigenvalue weighted by molar-refractivity contribution is 0.794. The Kier molecular flexibility index (Phi) is 3.63. The highest BCUT2D eigenvalue weighted by Crippen LogP contribution is 2.11. The zero-order valence-electron chi connectivity index (χ0n) is 8.45. The highest BCUT2D eigenvalue weighted by Gasteiger charge is 2.07. The molecular formula is C11H8I2N2O. The van der Waals surface area contributed by atoms with Gasteiger partial charge in [-0.05, 0) is 69.8 Å². The molecule has 0 aliphatic rings. The number of nitrogens with zero attached hydrogens (tertiary/aromatic N) is 2. The molecule has 0 amide bonds. The van der Waals surface area contributed by atoms with Crippen LogP contribution in [-0.2, 0) is 0 Å². The predicted molar refractivity (Wildman–Crippen MR) is 80.0 cm³/mol. The molecule has 0 spiro atoms. The van der Waals surface area contributed by atoms with Crippen molar-refractivity contribution in [3.8, 4) is 5.69 Å². The minimum atomic E-state index is -0.0712. The number of hydrogen-bond acceptors (Lipinski definition) is 2. The number of aryl methyl sites for hydroxylation is 1. The van der Waals surface area contributed by atoms with E-state index in [1.165, 1.54) is 4.68 Å². The molecule has 1 heterocycles. The van der Waals surface area contributed by atoms with Gasteiger partial charge in [0.15, 0.2) is 0 Å². The van der Waals surface area contributed by atoms with E-state index in [1.807, 2.05) is 53.8 Å². The maximum atomic E-state index is 12.0. The van der Waals surface area contributed by atoms with Crippen molar-refractivity contribution in [2.45, 2.75) is 6.92 Å². The topological polar surface area (TPSA) is 34.9 Å². The molecule has 2 rings (SSSR count). The van der Waals surface area contributed by atoms with E-state index in [2.05, 4.69) is 27.7 Å². The van der Waals surface area contributed by atoms with Gasteiger partial charge in [0.05, 0.1) is 19.0 Å². The molecule has 0 bridgehead atoms. The number of rotatable bonds is 1. The molecule has 1 aromatic carbocycles. The smallest absolute Gasteiger partial charge is 0.266 e. The molecule has 16 heavy (non-hydrogen) atoms. The maximum absolute atomic E-state index is 12.0. The van der Waals surface area contributed by atoms with Crippen molar-refractivity contribution in [1.29, 1.82) is 0 Å². The Morgan fingerprint density at radius 2 is 2.06 bits per heavy atom. The average molecular weight is 438 g/mol. The third-order valence-corrected chi connectivity index (χ3v) is 5.02. The zero-order chi connectivity index (χ0) is 11.7. The Morgan fingerprint density at radius 1 is 1.31 bits per heavy atom. The van der Waals surface area contributed by atoms with Crippen molar-refractivity contribution in [2.75, 3.05) is 0 Å². The van der Waals surface area contributed by atoms with E-state index in [9.17, 15) is 4.79 Å². The minimum absolute atomic E-state index is 0.0712. The van der Waals surface area contributed by atoms with Crippen LogP contribution >= 0.6 is 45.2 Å². The van der Waals surface area contributed by atoms with E-state index in [4.69, 9.17) is 0 Å². The van der Waals surface area contributed by atoms with Crippen LogP contribution in [0.3, 0.4) is 0 Å². The van der Waals surface area contributed by atoms with Crippen LogP contribution in [0.1, 0.15) is 5.56 Å². The third-order valence-electron chi connectivity index (χ3n) is 2.12. The molecule has 0 fully saturated rings. The van der Waals surface area contributed by atoms with E-state index >= 15 is 0 Å². The Balaban J connectivity index is 2.66.